The van der Waals surface area contributed by atoms with Crippen molar-refractivity contribution in [3.8, 4) is 6.07 Å². The quantitative estimate of drug-likeness (QED) is 0.467. The minimum Gasteiger partial charge on any atom is -0.466 e. The normalized spacial score (nSPS) is 10.2. The molecule has 0 aromatic carbocycles. The highest BCUT2D eigenvalue weighted by Crippen LogP contribution is 2.26. The average Bonchev–Trinajstić information content (AvgIpc) is 2.28. The molecule has 0 bridgehead atoms. The van der Waals surface area contributed by atoms with Crippen molar-refractivity contribution in [3.63, 3.8) is 0 Å². The number of carbonyl (C=O) groups is 1. The van der Waals surface area contributed by atoms with Gasteiger partial charge in [0.2, 0.25) is 0 Å². The number of nitrogens with zero attached hydrogens (tertiary/aromatic N) is 2. The summed E-state index contributed by atoms with van der Waals surface area (Å²) in [4.78, 5) is 15.3. The van der Waals surface area contributed by atoms with Gasteiger partial charge < -0.3 is 4.74 Å². The summed E-state index contributed by atoms with van der Waals surface area (Å²) in [6.07, 6.45) is -3.06. The van der Waals surface area contributed by atoms with E-state index >= 15 is 0 Å². The summed E-state index contributed by atoms with van der Waals surface area (Å²) in [5, 5.41) is 8.90. The Hall–Kier alpha value is -1.30. The van der Waals surface area contributed by atoms with Crippen molar-refractivity contribution < 1.29 is 18.3 Å². The van der Waals surface area contributed by atoms with Crippen LogP contribution in [0.15, 0.2) is 6.07 Å². The van der Waals surface area contributed by atoms with Crippen molar-refractivity contribution in [2.45, 2.75) is 19.8 Å². The molecule has 0 aliphatic carbocycles. The standard InChI is InChI=1S/C11H9F2IN2O2/c1-2-18-10(17)4-8-7(5-15)6(11(12)13)3-9(14)16-8/h3,11H,2,4H2,1H3. The van der Waals surface area contributed by atoms with Gasteiger partial charge in [0.05, 0.1) is 24.3 Å². The molecule has 7 heteroatoms. The van der Waals surface area contributed by atoms with E-state index in [2.05, 4.69) is 4.98 Å². The molecule has 18 heavy (non-hydrogen) atoms. The number of aromatic nitrogens is 1. The van der Waals surface area contributed by atoms with Crippen LogP contribution in [-0.2, 0) is 16.0 Å². The third kappa shape index (κ3) is 3.60. The van der Waals surface area contributed by atoms with Crippen LogP contribution in [0.1, 0.15) is 30.2 Å². The first kappa shape index (κ1) is 14.8. The Morgan fingerprint density at radius 2 is 2.33 bits per heavy atom. The zero-order chi connectivity index (χ0) is 13.7. The minimum absolute atomic E-state index is 0.0261. The van der Waals surface area contributed by atoms with Gasteiger partial charge in [-0.3, -0.25) is 4.79 Å². The monoisotopic (exact) mass is 366 g/mol. The Balaban J connectivity index is 3.18. The Labute approximate surface area is 116 Å². The Kier molecular flexibility index (Phi) is 5.40. The van der Waals surface area contributed by atoms with Crippen molar-refractivity contribution >= 4 is 28.6 Å². The highest BCUT2D eigenvalue weighted by Gasteiger charge is 2.20. The summed E-state index contributed by atoms with van der Waals surface area (Å²) in [6.45, 7) is 1.82. The van der Waals surface area contributed by atoms with Crippen LogP contribution < -0.4 is 0 Å². The molecule has 4 nitrogen and oxygen atoms in total. The van der Waals surface area contributed by atoms with Gasteiger partial charge >= 0.3 is 5.97 Å². The third-order valence-electron chi connectivity index (χ3n) is 2.06. The highest BCUT2D eigenvalue weighted by molar-refractivity contribution is 14.1. The maximum absolute atomic E-state index is 12.8. The molecule has 0 atom stereocenters. The zero-order valence-corrected chi connectivity index (χ0v) is 11.6. The van der Waals surface area contributed by atoms with Crippen LogP contribution in [0.25, 0.3) is 0 Å². The highest BCUT2D eigenvalue weighted by atomic mass is 127. The Morgan fingerprint density at radius 1 is 1.67 bits per heavy atom. The van der Waals surface area contributed by atoms with Gasteiger partial charge in [0.25, 0.3) is 6.43 Å². The second-order valence-corrected chi connectivity index (χ2v) is 4.36. The molecule has 0 saturated carbocycles. The summed E-state index contributed by atoms with van der Waals surface area (Å²) < 4.78 is 30.5. The minimum atomic E-state index is -2.78. The van der Waals surface area contributed by atoms with E-state index in [1.165, 1.54) is 0 Å². The number of pyridine rings is 1. The topological polar surface area (TPSA) is 63.0 Å². The number of ether oxygens (including phenoxy) is 1. The summed E-state index contributed by atoms with van der Waals surface area (Å²) in [5.74, 6) is -0.594. The van der Waals surface area contributed by atoms with Crippen molar-refractivity contribution in [1.29, 1.82) is 5.26 Å². The first-order valence-corrected chi connectivity index (χ1v) is 6.10. The number of hydrogen-bond acceptors (Lipinski definition) is 4. The molecule has 96 valence electrons. The molecular formula is C11H9F2IN2O2. The Morgan fingerprint density at radius 3 is 2.83 bits per heavy atom. The number of hydrogen-bond donors (Lipinski definition) is 0. The number of nitriles is 1. The van der Waals surface area contributed by atoms with Crippen LogP contribution in [0.5, 0.6) is 0 Å². The lowest BCUT2D eigenvalue weighted by Gasteiger charge is -2.08. The van der Waals surface area contributed by atoms with Gasteiger partial charge in [0.1, 0.15) is 9.77 Å². The van der Waals surface area contributed by atoms with E-state index in [-0.39, 0.29) is 24.3 Å². The van der Waals surface area contributed by atoms with Gasteiger partial charge in [0.15, 0.2) is 0 Å². The maximum Gasteiger partial charge on any atom is 0.311 e. The number of halogens is 3. The number of esters is 1. The molecular weight excluding hydrogens is 357 g/mol. The van der Waals surface area contributed by atoms with E-state index in [1.807, 2.05) is 0 Å². The van der Waals surface area contributed by atoms with Gasteiger partial charge in [-0.05, 0) is 35.6 Å². The van der Waals surface area contributed by atoms with E-state index in [0.717, 1.165) is 6.07 Å². The predicted octanol–water partition coefficient (Wildman–Crippen LogP) is 2.60. The van der Waals surface area contributed by atoms with Crippen molar-refractivity contribution in [1.82, 2.24) is 4.98 Å². The van der Waals surface area contributed by atoms with Crippen LogP contribution in [0.3, 0.4) is 0 Å². The smallest absolute Gasteiger partial charge is 0.311 e. The van der Waals surface area contributed by atoms with Crippen LogP contribution in [0, 0.1) is 15.0 Å². The van der Waals surface area contributed by atoms with E-state index < -0.39 is 18.0 Å². The third-order valence-corrected chi connectivity index (χ3v) is 2.61. The van der Waals surface area contributed by atoms with Crippen LogP contribution in [0.4, 0.5) is 8.78 Å². The molecule has 0 saturated heterocycles. The first-order chi connectivity index (χ1) is 8.49. The lowest BCUT2D eigenvalue weighted by Crippen LogP contribution is -2.12. The van der Waals surface area contributed by atoms with Gasteiger partial charge in [-0.2, -0.15) is 5.26 Å². The molecule has 0 amide bonds. The molecule has 0 unspecified atom stereocenters. The summed E-state index contributed by atoms with van der Waals surface area (Å²) in [5.41, 5.74) is -0.632. The van der Waals surface area contributed by atoms with Gasteiger partial charge in [0, 0.05) is 5.56 Å². The summed E-state index contributed by atoms with van der Waals surface area (Å²) in [7, 11) is 0. The fraction of sp³-hybridized carbons (Fsp3) is 0.364. The zero-order valence-electron chi connectivity index (χ0n) is 9.41. The first-order valence-electron chi connectivity index (χ1n) is 5.02. The molecule has 1 heterocycles. The van der Waals surface area contributed by atoms with Crippen LogP contribution in [-0.4, -0.2) is 17.6 Å². The SMILES string of the molecule is CCOC(=O)Cc1nc(I)cc(C(F)F)c1C#N. The maximum atomic E-state index is 12.8. The molecule has 0 radical (unpaired) electrons. The predicted molar refractivity (Wildman–Crippen MR) is 67.0 cm³/mol. The number of carbonyl (C=O) groups excluding carboxylic acids is 1. The largest absolute Gasteiger partial charge is 0.466 e. The fourth-order valence-corrected chi connectivity index (χ4v) is 1.99. The number of rotatable bonds is 4. The molecule has 1 rings (SSSR count). The molecule has 1 aromatic rings. The summed E-state index contributed by atoms with van der Waals surface area (Å²) >= 11 is 1.76. The van der Waals surface area contributed by atoms with Gasteiger partial charge in [-0.25, -0.2) is 13.8 Å². The van der Waals surface area contributed by atoms with E-state index in [9.17, 15) is 13.6 Å². The molecule has 0 aliphatic heterocycles. The fourth-order valence-electron chi connectivity index (χ4n) is 1.36. The van der Waals surface area contributed by atoms with Gasteiger partial charge in [-0.1, -0.05) is 0 Å². The second kappa shape index (κ2) is 6.58. The Bertz CT molecular complexity index is 501. The van der Waals surface area contributed by atoms with E-state index in [1.54, 1.807) is 35.6 Å². The van der Waals surface area contributed by atoms with E-state index in [0.29, 0.717) is 3.70 Å². The summed E-state index contributed by atoms with van der Waals surface area (Å²) in [6, 6.07) is 2.80. The van der Waals surface area contributed by atoms with Crippen molar-refractivity contribution in [2.75, 3.05) is 6.61 Å². The molecule has 0 N–H and O–H groups in total. The molecule has 1 aromatic heterocycles. The van der Waals surface area contributed by atoms with Crippen LogP contribution >= 0.6 is 22.6 Å². The molecule has 0 fully saturated rings. The molecule has 0 aliphatic rings. The number of alkyl halides is 2. The van der Waals surface area contributed by atoms with Crippen LogP contribution in [0.2, 0.25) is 0 Å². The van der Waals surface area contributed by atoms with Crippen molar-refractivity contribution in [2.24, 2.45) is 0 Å². The average molecular weight is 366 g/mol. The van der Waals surface area contributed by atoms with E-state index in [4.69, 9.17) is 10.00 Å². The van der Waals surface area contributed by atoms with Crippen molar-refractivity contribution in [3.05, 3.63) is 26.6 Å². The van der Waals surface area contributed by atoms with Gasteiger partial charge in [-0.15, -0.1) is 0 Å². The lowest BCUT2D eigenvalue weighted by molar-refractivity contribution is -0.142. The molecule has 0 spiro atoms. The lowest BCUT2D eigenvalue weighted by atomic mass is 10.1. The second-order valence-electron chi connectivity index (χ2n) is 3.25.